The molecule has 0 spiro atoms. The van der Waals surface area contributed by atoms with E-state index in [4.69, 9.17) is 0 Å². The third kappa shape index (κ3) is 5.87. The summed E-state index contributed by atoms with van der Waals surface area (Å²) in [6.07, 6.45) is 1.60. The second kappa shape index (κ2) is 11.4. The number of halogens is 1. The number of para-hydroxylation sites is 1. The molecule has 1 aromatic heterocycles. The lowest BCUT2D eigenvalue weighted by Gasteiger charge is -2.13. The Balaban J connectivity index is 1.29. The molecular formula is C29H21BrN4O2S. The van der Waals surface area contributed by atoms with Gasteiger partial charge in [0.2, 0.25) is 0 Å². The Labute approximate surface area is 226 Å². The third-order valence-electron chi connectivity index (χ3n) is 5.58. The Morgan fingerprint density at radius 3 is 2.32 bits per heavy atom. The minimum absolute atomic E-state index is 0.0472. The molecular weight excluding hydrogens is 548 g/mol. The molecule has 0 fully saturated rings. The molecule has 6 nitrogen and oxygen atoms in total. The fraction of sp³-hybridized carbons (Fsp3) is 0.0345. The second-order valence-electron chi connectivity index (χ2n) is 8.10. The predicted octanol–water partition coefficient (Wildman–Crippen LogP) is 6.06. The first-order chi connectivity index (χ1) is 18.1. The smallest absolute Gasteiger partial charge is 0.266 e. The summed E-state index contributed by atoms with van der Waals surface area (Å²) in [6, 6.07) is 32.6. The van der Waals surface area contributed by atoms with Crippen molar-refractivity contribution in [2.45, 2.75) is 5.16 Å². The summed E-state index contributed by atoms with van der Waals surface area (Å²) in [4.78, 5) is 30.5. The lowest BCUT2D eigenvalue weighted by Crippen LogP contribution is -2.24. The molecule has 0 radical (unpaired) electrons. The molecule has 0 saturated carbocycles. The molecule has 1 N–H and O–H groups in total. The summed E-state index contributed by atoms with van der Waals surface area (Å²) in [5.41, 5.74) is 6.74. The molecule has 0 bridgehead atoms. The van der Waals surface area contributed by atoms with E-state index in [9.17, 15) is 9.59 Å². The monoisotopic (exact) mass is 568 g/mol. The van der Waals surface area contributed by atoms with Crippen molar-refractivity contribution in [1.82, 2.24) is 15.0 Å². The van der Waals surface area contributed by atoms with E-state index in [1.165, 1.54) is 16.3 Å². The van der Waals surface area contributed by atoms with Crippen LogP contribution in [0, 0.1) is 0 Å². The third-order valence-corrected chi connectivity index (χ3v) is 7.05. The van der Waals surface area contributed by atoms with Crippen molar-refractivity contribution in [1.29, 1.82) is 0 Å². The van der Waals surface area contributed by atoms with Gasteiger partial charge in [-0.15, -0.1) is 0 Å². The van der Waals surface area contributed by atoms with Crippen LogP contribution in [0.2, 0.25) is 0 Å². The van der Waals surface area contributed by atoms with Crippen LogP contribution in [0.15, 0.2) is 123 Å². The van der Waals surface area contributed by atoms with Crippen LogP contribution in [0.3, 0.4) is 0 Å². The van der Waals surface area contributed by atoms with Crippen LogP contribution >= 0.6 is 27.7 Å². The van der Waals surface area contributed by atoms with Gasteiger partial charge in [0.1, 0.15) is 0 Å². The number of nitrogens with zero attached hydrogens (tertiary/aromatic N) is 3. The zero-order valence-corrected chi connectivity index (χ0v) is 21.9. The molecule has 4 aromatic carbocycles. The Hall–Kier alpha value is -4.01. The Bertz CT molecular complexity index is 1630. The average Bonchev–Trinajstić information content (AvgIpc) is 2.94. The molecule has 0 aliphatic rings. The zero-order valence-electron chi connectivity index (χ0n) is 19.5. The number of fused-ring (bicyclic) bond motifs is 1. The lowest BCUT2D eigenvalue weighted by atomic mass is 10.0. The van der Waals surface area contributed by atoms with Crippen LogP contribution in [-0.2, 0) is 4.79 Å². The van der Waals surface area contributed by atoms with Gasteiger partial charge < -0.3 is 0 Å². The molecule has 8 heteroatoms. The number of hydrogen-bond donors (Lipinski definition) is 1. The largest absolute Gasteiger partial charge is 0.272 e. The van der Waals surface area contributed by atoms with Gasteiger partial charge in [-0.2, -0.15) is 5.10 Å². The molecule has 0 atom stereocenters. The number of aromatic nitrogens is 2. The number of nitrogens with one attached hydrogen (secondary N) is 1. The summed E-state index contributed by atoms with van der Waals surface area (Å²) >= 11 is 4.61. The average molecular weight is 569 g/mol. The molecule has 5 aromatic rings. The van der Waals surface area contributed by atoms with Crippen LogP contribution in [0.1, 0.15) is 5.56 Å². The molecule has 1 heterocycles. The Morgan fingerprint density at radius 1 is 0.892 bits per heavy atom. The predicted molar refractivity (Wildman–Crippen MR) is 153 cm³/mol. The lowest BCUT2D eigenvalue weighted by molar-refractivity contribution is -0.118. The number of carbonyl (C=O) groups is 1. The van der Waals surface area contributed by atoms with Crippen molar-refractivity contribution in [2.24, 2.45) is 5.10 Å². The van der Waals surface area contributed by atoms with E-state index in [0.29, 0.717) is 21.7 Å². The van der Waals surface area contributed by atoms with Crippen LogP contribution in [0.5, 0.6) is 0 Å². The van der Waals surface area contributed by atoms with E-state index in [1.54, 1.807) is 18.3 Å². The number of carbonyl (C=O) groups excluding carboxylic acids is 1. The highest BCUT2D eigenvalue weighted by Crippen LogP contribution is 2.22. The van der Waals surface area contributed by atoms with Crippen molar-refractivity contribution in [3.05, 3.63) is 124 Å². The number of amides is 1. The van der Waals surface area contributed by atoms with Crippen molar-refractivity contribution in [2.75, 3.05) is 5.75 Å². The summed E-state index contributed by atoms with van der Waals surface area (Å²) in [5.74, 6) is -0.252. The maximum atomic E-state index is 13.3. The normalized spacial score (nSPS) is 11.2. The highest BCUT2D eigenvalue weighted by Gasteiger charge is 2.14. The maximum absolute atomic E-state index is 13.3. The first-order valence-electron chi connectivity index (χ1n) is 11.5. The molecule has 0 aliphatic carbocycles. The number of hydrazone groups is 1. The summed E-state index contributed by atoms with van der Waals surface area (Å²) in [7, 11) is 0. The molecule has 5 rings (SSSR count). The van der Waals surface area contributed by atoms with E-state index in [-0.39, 0.29) is 17.2 Å². The van der Waals surface area contributed by atoms with Crippen molar-refractivity contribution in [3.63, 3.8) is 0 Å². The Morgan fingerprint density at radius 2 is 1.57 bits per heavy atom. The molecule has 0 saturated heterocycles. The molecule has 0 unspecified atom stereocenters. The van der Waals surface area contributed by atoms with E-state index in [2.05, 4.69) is 43.6 Å². The maximum Gasteiger partial charge on any atom is 0.266 e. The van der Waals surface area contributed by atoms with Crippen LogP contribution in [0.25, 0.3) is 27.7 Å². The summed E-state index contributed by atoms with van der Waals surface area (Å²) in [6.45, 7) is 0. The number of rotatable bonds is 7. The highest BCUT2D eigenvalue weighted by molar-refractivity contribution is 9.10. The van der Waals surface area contributed by atoms with E-state index in [0.717, 1.165) is 21.2 Å². The first-order valence-corrected chi connectivity index (χ1v) is 13.2. The van der Waals surface area contributed by atoms with E-state index in [1.807, 2.05) is 78.9 Å². The highest BCUT2D eigenvalue weighted by atomic mass is 79.9. The fourth-order valence-electron chi connectivity index (χ4n) is 3.76. The van der Waals surface area contributed by atoms with Crippen molar-refractivity contribution < 1.29 is 4.79 Å². The number of hydrogen-bond acceptors (Lipinski definition) is 5. The molecule has 1 amide bonds. The van der Waals surface area contributed by atoms with Gasteiger partial charge in [0, 0.05) is 4.47 Å². The van der Waals surface area contributed by atoms with Crippen molar-refractivity contribution in [3.8, 4) is 16.8 Å². The summed E-state index contributed by atoms with van der Waals surface area (Å²) < 4.78 is 2.43. The SMILES string of the molecule is O=C(CSc1nc2ccccc2c(=O)n1-c1ccc(Br)cc1)N/N=C\c1ccc(-c2ccccc2)cc1. The fourth-order valence-corrected chi connectivity index (χ4v) is 4.83. The van der Waals surface area contributed by atoms with Gasteiger partial charge in [-0.1, -0.05) is 94.4 Å². The van der Waals surface area contributed by atoms with Gasteiger partial charge >= 0.3 is 0 Å². The minimum atomic E-state index is -0.299. The zero-order chi connectivity index (χ0) is 25.6. The van der Waals surface area contributed by atoms with Gasteiger partial charge in [0.25, 0.3) is 11.5 Å². The van der Waals surface area contributed by atoms with Crippen LogP contribution < -0.4 is 11.0 Å². The molecule has 37 heavy (non-hydrogen) atoms. The van der Waals surface area contributed by atoms with Gasteiger partial charge in [-0.3, -0.25) is 14.2 Å². The van der Waals surface area contributed by atoms with Gasteiger partial charge in [-0.05, 0) is 53.1 Å². The van der Waals surface area contributed by atoms with Crippen molar-refractivity contribution >= 4 is 50.7 Å². The number of benzene rings is 4. The van der Waals surface area contributed by atoms with E-state index < -0.39 is 0 Å². The quantitative estimate of drug-likeness (QED) is 0.112. The summed E-state index contributed by atoms with van der Waals surface area (Å²) in [5, 5.41) is 5.03. The van der Waals surface area contributed by atoms with Gasteiger partial charge in [0.05, 0.1) is 28.6 Å². The number of thioether (sulfide) groups is 1. The van der Waals surface area contributed by atoms with Crippen LogP contribution in [-0.4, -0.2) is 27.4 Å². The van der Waals surface area contributed by atoms with Crippen LogP contribution in [0.4, 0.5) is 0 Å². The molecule has 0 aliphatic heterocycles. The topological polar surface area (TPSA) is 76.3 Å². The standard InChI is InChI=1S/C29H21BrN4O2S/c30-23-14-16-24(17-15-23)34-28(36)25-8-4-5-9-26(25)32-29(34)37-19-27(35)33-31-18-20-10-12-22(13-11-20)21-6-2-1-3-7-21/h1-18H,19H2,(H,33,35)/b31-18-. The minimum Gasteiger partial charge on any atom is -0.272 e. The van der Waals surface area contributed by atoms with Gasteiger partial charge in [0.15, 0.2) is 5.16 Å². The molecule has 182 valence electrons. The Kier molecular flexibility index (Phi) is 7.58. The first kappa shape index (κ1) is 24.7. The van der Waals surface area contributed by atoms with Gasteiger partial charge in [-0.25, -0.2) is 10.4 Å². The second-order valence-corrected chi connectivity index (χ2v) is 9.96. The van der Waals surface area contributed by atoms with E-state index >= 15 is 0 Å².